The molecule has 1 saturated heterocycles. The van der Waals surface area contributed by atoms with Crippen molar-refractivity contribution in [2.75, 3.05) is 26.2 Å². The Morgan fingerprint density at radius 3 is 2.47 bits per heavy atom. The Hall–Kier alpha value is -2.83. The maximum Gasteiger partial charge on any atom is 0.410 e. The second-order valence-corrected chi connectivity index (χ2v) is 9.02. The van der Waals surface area contributed by atoms with E-state index in [2.05, 4.69) is 11.2 Å². The van der Waals surface area contributed by atoms with Crippen LogP contribution in [0.3, 0.4) is 0 Å². The van der Waals surface area contributed by atoms with Crippen LogP contribution in [0.15, 0.2) is 30.5 Å². The number of carbonyl (C=O) groups is 2. The lowest BCUT2D eigenvalue weighted by Crippen LogP contribution is -2.39. The number of pyridine rings is 1. The summed E-state index contributed by atoms with van der Waals surface area (Å²) >= 11 is 0. The molecule has 4 heterocycles. The lowest BCUT2D eigenvalue weighted by atomic mass is 10.0. The minimum atomic E-state index is -0.501. The number of nitrogens with zero attached hydrogens (tertiary/aromatic N) is 4. The van der Waals surface area contributed by atoms with E-state index >= 15 is 0 Å². The molecule has 0 saturated carbocycles. The summed E-state index contributed by atoms with van der Waals surface area (Å²) in [6, 6.07) is 5.94. The van der Waals surface area contributed by atoms with Crippen molar-refractivity contribution in [1.29, 1.82) is 0 Å². The summed E-state index contributed by atoms with van der Waals surface area (Å²) < 4.78 is 7.33. The highest BCUT2D eigenvalue weighted by molar-refractivity contribution is 6.00. The third kappa shape index (κ3) is 4.20. The van der Waals surface area contributed by atoms with Gasteiger partial charge >= 0.3 is 6.09 Å². The van der Waals surface area contributed by atoms with Gasteiger partial charge in [-0.1, -0.05) is 12.1 Å². The maximum absolute atomic E-state index is 13.0. The average molecular weight is 411 g/mol. The first-order valence-corrected chi connectivity index (χ1v) is 10.8. The van der Waals surface area contributed by atoms with Crippen LogP contribution in [-0.2, 0) is 4.74 Å². The van der Waals surface area contributed by atoms with Crippen molar-refractivity contribution in [2.45, 2.75) is 52.1 Å². The van der Waals surface area contributed by atoms with Crippen LogP contribution < -0.4 is 0 Å². The molecular formula is C23H30N4O3. The maximum atomic E-state index is 13.0. The number of ether oxygens (including phenoxy) is 1. The molecule has 4 rings (SSSR count). The number of fused-ring (bicyclic) bond motifs is 1. The second kappa shape index (κ2) is 8.13. The molecule has 0 radical (unpaired) electrons. The minimum absolute atomic E-state index is 0.0653. The molecule has 2 amide bonds. The summed E-state index contributed by atoms with van der Waals surface area (Å²) in [5.41, 5.74) is 3.08. The Labute approximate surface area is 177 Å². The zero-order valence-corrected chi connectivity index (χ0v) is 18.1. The number of amides is 2. The molecule has 0 bridgehead atoms. The van der Waals surface area contributed by atoms with Crippen molar-refractivity contribution in [3.8, 4) is 0 Å². The Morgan fingerprint density at radius 1 is 1.03 bits per heavy atom. The van der Waals surface area contributed by atoms with Gasteiger partial charge in [0.15, 0.2) is 0 Å². The third-order valence-corrected chi connectivity index (χ3v) is 5.61. The van der Waals surface area contributed by atoms with Gasteiger partial charge < -0.3 is 14.5 Å². The SMILES string of the molecule is CC(C)(C)OC(=O)N1CC=C(c2cccc3c(C(=O)N4CCCCC4)cnn23)CC1. The molecule has 0 aromatic carbocycles. The Morgan fingerprint density at radius 2 is 1.80 bits per heavy atom. The fourth-order valence-corrected chi connectivity index (χ4v) is 4.08. The van der Waals surface area contributed by atoms with Gasteiger partial charge in [-0.15, -0.1) is 0 Å². The summed E-state index contributed by atoms with van der Waals surface area (Å²) in [7, 11) is 0. The fourth-order valence-electron chi connectivity index (χ4n) is 4.08. The van der Waals surface area contributed by atoms with Gasteiger partial charge in [-0.25, -0.2) is 9.31 Å². The first-order valence-electron chi connectivity index (χ1n) is 10.8. The quantitative estimate of drug-likeness (QED) is 0.751. The van der Waals surface area contributed by atoms with Gasteiger partial charge in [0.2, 0.25) is 0 Å². The monoisotopic (exact) mass is 410 g/mol. The molecule has 7 nitrogen and oxygen atoms in total. The van der Waals surface area contributed by atoms with Crippen LogP contribution in [0, 0.1) is 0 Å². The van der Waals surface area contributed by atoms with Crippen molar-refractivity contribution in [3.05, 3.63) is 41.7 Å². The van der Waals surface area contributed by atoms with Crippen LogP contribution in [-0.4, -0.2) is 63.2 Å². The number of hydrogen-bond acceptors (Lipinski definition) is 4. The van der Waals surface area contributed by atoms with E-state index in [-0.39, 0.29) is 12.0 Å². The van der Waals surface area contributed by atoms with E-state index < -0.39 is 5.60 Å². The molecular weight excluding hydrogens is 380 g/mol. The number of rotatable bonds is 2. The summed E-state index contributed by atoms with van der Waals surface area (Å²) in [4.78, 5) is 29.0. The number of aromatic nitrogens is 2. The standard InChI is InChI=1S/C23H30N4O3/c1-23(2,3)30-22(29)26-14-10-17(11-15-26)19-8-7-9-20-18(16-24-27(19)20)21(28)25-12-5-4-6-13-25/h7-10,16H,4-6,11-15H2,1-3H3. The predicted molar refractivity (Wildman–Crippen MR) is 115 cm³/mol. The normalized spacial score (nSPS) is 17.8. The van der Waals surface area contributed by atoms with Gasteiger partial charge in [0.1, 0.15) is 5.60 Å². The summed E-state index contributed by atoms with van der Waals surface area (Å²) in [6.45, 7) is 8.36. The molecule has 7 heteroatoms. The third-order valence-electron chi connectivity index (χ3n) is 5.61. The van der Waals surface area contributed by atoms with Crippen LogP contribution in [0.25, 0.3) is 11.1 Å². The lowest BCUT2D eigenvalue weighted by Gasteiger charge is -2.29. The van der Waals surface area contributed by atoms with Gasteiger partial charge in [-0.05, 0) is 64.2 Å². The molecule has 0 N–H and O–H groups in total. The van der Waals surface area contributed by atoms with Gasteiger partial charge in [-0.2, -0.15) is 5.10 Å². The highest BCUT2D eigenvalue weighted by Crippen LogP contribution is 2.26. The Balaban J connectivity index is 1.55. The Bertz CT molecular complexity index is 980. The minimum Gasteiger partial charge on any atom is -0.444 e. The highest BCUT2D eigenvalue weighted by atomic mass is 16.6. The summed E-state index contributed by atoms with van der Waals surface area (Å²) in [5, 5.41) is 4.54. The molecule has 0 aliphatic carbocycles. The van der Waals surface area contributed by atoms with Gasteiger partial charge in [0.05, 0.1) is 23.0 Å². The van der Waals surface area contributed by atoms with E-state index in [9.17, 15) is 9.59 Å². The van der Waals surface area contributed by atoms with E-state index in [1.807, 2.05) is 48.4 Å². The molecule has 0 unspecified atom stereocenters. The Kier molecular flexibility index (Phi) is 5.54. The molecule has 0 spiro atoms. The smallest absolute Gasteiger partial charge is 0.410 e. The van der Waals surface area contributed by atoms with Gasteiger partial charge in [-0.3, -0.25) is 4.79 Å². The van der Waals surface area contributed by atoms with E-state index in [1.54, 1.807) is 11.1 Å². The first kappa shape index (κ1) is 20.4. The number of hydrogen-bond donors (Lipinski definition) is 0. The predicted octanol–water partition coefficient (Wildman–Crippen LogP) is 3.98. The van der Waals surface area contributed by atoms with Crippen LogP contribution in [0.5, 0.6) is 0 Å². The summed E-state index contributed by atoms with van der Waals surface area (Å²) in [5.74, 6) is 0.0653. The largest absolute Gasteiger partial charge is 0.444 e. The van der Waals surface area contributed by atoms with Crippen LogP contribution in [0.1, 0.15) is 62.5 Å². The summed E-state index contributed by atoms with van der Waals surface area (Å²) in [6.07, 6.45) is 7.49. The van der Waals surface area contributed by atoms with E-state index in [0.717, 1.165) is 42.7 Å². The number of carbonyl (C=O) groups excluding carboxylic acids is 2. The molecule has 2 aliphatic rings. The topological polar surface area (TPSA) is 67.2 Å². The lowest BCUT2D eigenvalue weighted by molar-refractivity contribution is 0.0270. The van der Waals surface area contributed by atoms with Crippen molar-refractivity contribution in [2.24, 2.45) is 0 Å². The molecule has 2 aliphatic heterocycles. The molecule has 30 heavy (non-hydrogen) atoms. The zero-order chi connectivity index (χ0) is 21.3. The molecule has 2 aromatic heterocycles. The van der Waals surface area contributed by atoms with Crippen LogP contribution >= 0.6 is 0 Å². The molecule has 1 fully saturated rings. The van der Waals surface area contributed by atoms with Crippen molar-refractivity contribution < 1.29 is 14.3 Å². The van der Waals surface area contributed by atoms with E-state index in [0.29, 0.717) is 25.1 Å². The molecule has 160 valence electrons. The van der Waals surface area contributed by atoms with Crippen molar-refractivity contribution >= 4 is 23.1 Å². The first-order chi connectivity index (χ1) is 14.3. The van der Waals surface area contributed by atoms with E-state index in [1.165, 1.54) is 6.42 Å². The molecule has 2 aromatic rings. The molecule has 0 atom stereocenters. The zero-order valence-electron chi connectivity index (χ0n) is 18.1. The van der Waals surface area contributed by atoms with Crippen LogP contribution in [0.4, 0.5) is 4.79 Å². The second-order valence-electron chi connectivity index (χ2n) is 9.02. The number of piperidine rings is 1. The van der Waals surface area contributed by atoms with E-state index in [4.69, 9.17) is 4.74 Å². The van der Waals surface area contributed by atoms with Crippen molar-refractivity contribution in [3.63, 3.8) is 0 Å². The van der Waals surface area contributed by atoms with Gasteiger partial charge in [0, 0.05) is 26.2 Å². The van der Waals surface area contributed by atoms with Gasteiger partial charge in [0.25, 0.3) is 5.91 Å². The average Bonchev–Trinajstić information content (AvgIpc) is 3.17. The highest BCUT2D eigenvalue weighted by Gasteiger charge is 2.26. The number of likely N-dealkylation sites (tertiary alicyclic amines) is 1. The fraction of sp³-hybridized carbons (Fsp3) is 0.522. The van der Waals surface area contributed by atoms with Crippen molar-refractivity contribution in [1.82, 2.24) is 19.4 Å². The van der Waals surface area contributed by atoms with Crippen LogP contribution in [0.2, 0.25) is 0 Å².